The van der Waals surface area contributed by atoms with E-state index < -0.39 is 34.9 Å². The molecule has 0 heterocycles. The Hall–Kier alpha value is -1.72. The van der Waals surface area contributed by atoms with Gasteiger partial charge in [-0.25, -0.2) is 0 Å². The molecule has 0 saturated carbocycles. The summed E-state index contributed by atoms with van der Waals surface area (Å²) >= 11 is 0. The lowest BCUT2D eigenvalue weighted by atomic mass is 9.80. The maximum absolute atomic E-state index is 12.9. The molecule has 0 amide bonds. The summed E-state index contributed by atoms with van der Waals surface area (Å²) in [6.45, 7) is 11.1. The maximum Gasteiger partial charge on any atom is 0.176 e. The fraction of sp³-hybridized carbons (Fsp3) is 0.619. The molecule has 1 aliphatic rings. The van der Waals surface area contributed by atoms with Gasteiger partial charge < -0.3 is 15.3 Å². The van der Waals surface area contributed by atoms with Gasteiger partial charge in [-0.3, -0.25) is 9.59 Å². The SMILES string of the molecule is CC(C)=CCC(O)C1(O)C(O)=C(C(=O)CC(C)C)C(=O)[C@H]1CC=C(C)C. The van der Waals surface area contributed by atoms with Crippen molar-refractivity contribution in [2.45, 2.75) is 72.5 Å². The van der Waals surface area contributed by atoms with Crippen molar-refractivity contribution in [3.63, 3.8) is 0 Å². The van der Waals surface area contributed by atoms with Gasteiger partial charge in [0.1, 0.15) is 11.3 Å². The van der Waals surface area contributed by atoms with Crippen LogP contribution in [0.15, 0.2) is 34.6 Å². The number of hydrogen-bond donors (Lipinski definition) is 3. The van der Waals surface area contributed by atoms with Crippen LogP contribution in [0.2, 0.25) is 0 Å². The molecule has 0 aliphatic heterocycles. The Balaban J connectivity index is 3.38. The summed E-state index contributed by atoms with van der Waals surface area (Å²) in [5.41, 5.74) is -0.626. The molecule has 5 nitrogen and oxygen atoms in total. The summed E-state index contributed by atoms with van der Waals surface area (Å²) in [6, 6.07) is 0. The van der Waals surface area contributed by atoms with Crippen molar-refractivity contribution < 1.29 is 24.9 Å². The molecule has 3 N–H and O–H groups in total. The van der Waals surface area contributed by atoms with Crippen molar-refractivity contribution in [2.75, 3.05) is 0 Å². The van der Waals surface area contributed by atoms with Gasteiger partial charge in [0, 0.05) is 6.42 Å². The van der Waals surface area contributed by atoms with Crippen molar-refractivity contribution in [2.24, 2.45) is 11.8 Å². The molecule has 0 aromatic rings. The van der Waals surface area contributed by atoms with E-state index >= 15 is 0 Å². The first-order chi connectivity index (χ1) is 11.9. The van der Waals surface area contributed by atoms with Crippen LogP contribution in [0.4, 0.5) is 0 Å². The topological polar surface area (TPSA) is 94.8 Å². The van der Waals surface area contributed by atoms with Crippen LogP contribution in [0.1, 0.15) is 60.8 Å². The highest BCUT2D eigenvalue weighted by atomic mass is 16.4. The van der Waals surface area contributed by atoms with Gasteiger partial charge >= 0.3 is 0 Å². The van der Waals surface area contributed by atoms with Gasteiger partial charge in [0.2, 0.25) is 0 Å². The Morgan fingerprint density at radius 1 is 1.15 bits per heavy atom. The second-order valence-corrected chi connectivity index (χ2v) is 8.04. The highest BCUT2D eigenvalue weighted by Gasteiger charge is 2.58. The number of rotatable bonds is 8. The van der Waals surface area contributed by atoms with E-state index in [0.717, 1.165) is 11.1 Å². The molecule has 2 unspecified atom stereocenters. The van der Waals surface area contributed by atoms with Crippen molar-refractivity contribution in [1.29, 1.82) is 0 Å². The van der Waals surface area contributed by atoms with Crippen LogP contribution in [0.25, 0.3) is 0 Å². The van der Waals surface area contributed by atoms with E-state index in [4.69, 9.17) is 0 Å². The van der Waals surface area contributed by atoms with E-state index in [1.807, 2.05) is 41.5 Å². The van der Waals surface area contributed by atoms with E-state index in [2.05, 4.69) is 0 Å². The molecule has 0 aromatic heterocycles. The number of aliphatic hydroxyl groups is 3. The first kappa shape index (κ1) is 22.3. The van der Waals surface area contributed by atoms with Gasteiger partial charge in [0.25, 0.3) is 0 Å². The Kier molecular flexibility index (Phi) is 7.54. The van der Waals surface area contributed by atoms with Crippen LogP contribution in [0, 0.1) is 11.8 Å². The van der Waals surface area contributed by atoms with Crippen LogP contribution < -0.4 is 0 Å². The van der Waals surface area contributed by atoms with E-state index in [1.165, 1.54) is 0 Å². The summed E-state index contributed by atoms with van der Waals surface area (Å²) in [7, 11) is 0. The van der Waals surface area contributed by atoms with Crippen LogP contribution in [0.3, 0.4) is 0 Å². The van der Waals surface area contributed by atoms with Gasteiger partial charge in [0.05, 0.1) is 12.0 Å². The summed E-state index contributed by atoms with van der Waals surface area (Å²) < 4.78 is 0. The number of hydrogen-bond acceptors (Lipinski definition) is 5. The lowest BCUT2D eigenvalue weighted by Gasteiger charge is -2.33. The third kappa shape index (κ3) is 4.71. The first-order valence-electron chi connectivity index (χ1n) is 9.11. The zero-order valence-electron chi connectivity index (χ0n) is 16.7. The number of carbonyl (C=O) groups excluding carboxylic acids is 2. The van der Waals surface area contributed by atoms with Crippen molar-refractivity contribution in [3.8, 4) is 0 Å². The molecule has 5 heteroatoms. The summed E-state index contributed by atoms with van der Waals surface area (Å²) in [4.78, 5) is 25.3. The lowest BCUT2D eigenvalue weighted by Crippen LogP contribution is -2.49. The second kappa shape index (κ2) is 8.78. The first-order valence-corrected chi connectivity index (χ1v) is 9.11. The van der Waals surface area contributed by atoms with Crippen molar-refractivity contribution in [3.05, 3.63) is 34.6 Å². The fourth-order valence-corrected chi connectivity index (χ4v) is 3.16. The molecule has 3 atom stereocenters. The minimum Gasteiger partial charge on any atom is -0.508 e. The number of carbonyl (C=O) groups is 2. The number of allylic oxidation sites excluding steroid dienone is 4. The fourth-order valence-electron chi connectivity index (χ4n) is 3.16. The molecule has 0 bridgehead atoms. The Bertz CT molecular complexity index is 645. The second-order valence-electron chi connectivity index (χ2n) is 8.04. The zero-order chi connectivity index (χ0) is 20.2. The molecular weight excluding hydrogens is 332 g/mol. The van der Waals surface area contributed by atoms with Gasteiger partial charge in [-0.15, -0.1) is 0 Å². The summed E-state index contributed by atoms with van der Waals surface area (Å²) in [6.07, 6.45) is 2.43. The molecule has 26 heavy (non-hydrogen) atoms. The number of ketones is 2. The molecule has 0 fully saturated rings. The van der Waals surface area contributed by atoms with Crippen LogP contribution >= 0.6 is 0 Å². The molecule has 1 rings (SSSR count). The lowest BCUT2D eigenvalue weighted by molar-refractivity contribution is -0.134. The van der Waals surface area contributed by atoms with Crippen LogP contribution in [-0.4, -0.2) is 38.6 Å². The van der Waals surface area contributed by atoms with E-state index in [0.29, 0.717) is 0 Å². The average molecular weight is 364 g/mol. The van der Waals surface area contributed by atoms with Gasteiger partial charge in [0.15, 0.2) is 17.2 Å². The standard InChI is InChI=1S/C21H32O5/c1-12(2)7-9-15-19(24)18(16(22)11-14(5)6)20(25)21(15,26)17(23)10-8-13(3)4/h7-8,14-15,17,23,25-26H,9-11H2,1-6H3/t15-,17?,21?/m1/s1. The predicted molar refractivity (Wildman–Crippen MR) is 102 cm³/mol. The minimum atomic E-state index is -2.16. The quantitative estimate of drug-likeness (QED) is 0.453. The molecule has 0 saturated heterocycles. The van der Waals surface area contributed by atoms with E-state index in [-0.39, 0.29) is 30.8 Å². The van der Waals surface area contributed by atoms with Crippen molar-refractivity contribution in [1.82, 2.24) is 0 Å². The minimum absolute atomic E-state index is 0.0103. The highest BCUT2D eigenvalue weighted by Crippen LogP contribution is 2.43. The zero-order valence-corrected chi connectivity index (χ0v) is 16.7. The van der Waals surface area contributed by atoms with Gasteiger partial charge in [-0.1, -0.05) is 37.1 Å². The van der Waals surface area contributed by atoms with Gasteiger partial charge in [-0.05, 0) is 46.5 Å². The average Bonchev–Trinajstić information content (AvgIpc) is 2.69. The molecule has 0 spiro atoms. The molecule has 0 aromatic carbocycles. The number of aliphatic hydroxyl groups excluding tert-OH is 2. The van der Waals surface area contributed by atoms with E-state index in [1.54, 1.807) is 12.2 Å². The number of Topliss-reactive ketones (excluding diaryl/α,β-unsaturated/α-hetero) is 2. The molecule has 1 aliphatic carbocycles. The van der Waals surface area contributed by atoms with Gasteiger partial charge in [-0.2, -0.15) is 0 Å². The van der Waals surface area contributed by atoms with E-state index in [9.17, 15) is 24.9 Å². The maximum atomic E-state index is 12.9. The van der Waals surface area contributed by atoms with Crippen LogP contribution in [0.5, 0.6) is 0 Å². The monoisotopic (exact) mass is 364 g/mol. The molecule has 0 radical (unpaired) electrons. The summed E-state index contributed by atoms with van der Waals surface area (Å²) in [5, 5.41) is 32.4. The normalized spacial score (nSPS) is 24.0. The highest BCUT2D eigenvalue weighted by molar-refractivity contribution is 6.23. The third-order valence-electron chi connectivity index (χ3n) is 4.60. The Labute approximate surface area is 156 Å². The summed E-state index contributed by atoms with van der Waals surface area (Å²) in [5.74, 6) is -2.84. The predicted octanol–water partition coefficient (Wildman–Crippen LogP) is 3.42. The smallest absolute Gasteiger partial charge is 0.176 e. The molecule has 146 valence electrons. The van der Waals surface area contributed by atoms with Crippen LogP contribution in [-0.2, 0) is 9.59 Å². The third-order valence-corrected chi connectivity index (χ3v) is 4.60. The largest absolute Gasteiger partial charge is 0.508 e. The Morgan fingerprint density at radius 3 is 2.15 bits per heavy atom. The Morgan fingerprint density at radius 2 is 1.69 bits per heavy atom. The molecular formula is C21H32O5. The van der Waals surface area contributed by atoms with Crippen molar-refractivity contribution >= 4 is 11.6 Å².